The number of nitrogens with one attached hydrogen (secondary N) is 1. The standard InChI is InChI=1S/C33H35F4N5O3S/c1-4-41(5-2)16-17-42(20-23-8-15-27(38-19-23)24-9-11-25(12-10-24)33(35,36)37)29(43)18-28-30(45-3)31(44)40-32(39-28)46-21-22-6-13-26(34)14-7-22/h6-15,19H,4-5,16-18,20-21H2,1-3H3,(H,39,40,44). The first kappa shape index (κ1) is 34.6. The molecular weight excluding hydrogens is 622 g/mol. The second-order valence-corrected chi connectivity index (χ2v) is 11.4. The van der Waals surface area contributed by atoms with Crippen LogP contribution in [-0.2, 0) is 29.7 Å². The third-order valence-electron chi connectivity index (χ3n) is 7.38. The predicted molar refractivity (Wildman–Crippen MR) is 169 cm³/mol. The number of halogens is 4. The summed E-state index contributed by atoms with van der Waals surface area (Å²) in [4.78, 5) is 42.1. The summed E-state index contributed by atoms with van der Waals surface area (Å²) in [5.41, 5.74) is 1.55. The van der Waals surface area contributed by atoms with E-state index in [2.05, 4.69) is 19.9 Å². The Morgan fingerprint density at radius 2 is 1.63 bits per heavy atom. The SMILES string of the molecule is CCN(CC)CCN(Cc1ccc(-c2ccc(C(F)(F)F)cc2)nc1)C(=O)Cc1nc(SCc2ccc(F)cc2)[nH]c(=O)c1OC. The van der Waals surface area contributed by atoms with E-state index in [1.54, 1.807) is 35.4 Å². The van der Waals surface area contributed by atoms with Gasteiger partial charge in [-0.15, -0.1) is 0 Å². The molecule has 0 spiro atoms. The first-order chi connectivity index (χ1) is 22.0. The van der Waals surface area contributed by atoms with Gasteiger partial charge in [0.25, 0.3) is 5.56 Å². The highest BCUT2D eigenvalue weighted by atomic mass is 32.2. The lowest BCUT2D eigenvalue weighted by atomic mass is 10.1. The number of thioether (sulfide) groups is 1. The molecule has 2 heterocycles. The summed E-state index contributed by atoms with van der Waals surface area (Å²) in [6.45, 7) is 6.93. The van der Waals surface area contributed by atoms with Gasteiger partial charge >= 0.3 is 6.18 Å². The summed E-state index contributed by atoms with van der Waals surface area (Å²) < 4.78 is 57.5. The van der Waals surface area contributed by atoms with E-state index in [1.165, 1.54) is 43.1 Å². The Morgan fingerprint density at radius 1 is 0.957 bits per heavy atom. The molecule has 244 valence electrons. The number of carbonyl (C=O) groups excluding carboxylic acids is 1. The lowest BCUT2D eigenvalue weighted by Gasteiger charge is -2.27. The molecule has 0 saturated carbocycles. The van der Waals surface area contributed by atoms with Crippen LogP contribution < -0.4 is 10.3 Å². The molecule has 0 fully saturated rings. The van der Waals surface area contributed by atoms with Gasteiger partial charge in [0.1, 0.15) is 11.5 Å². The van der Waals surface area contributed by atoms with Crippen LogP contribution in [0.15, 0.2) is 76.8 Å². The number of amides is 1. The minimum atomic E-state index is -4.42. The van der Waals surface area contributed by atoms with Crippen molar-refractivity contribution in [3.8, 4) is 17.0 Å². The molecule has 0 aliphatic rings. The molecule has 13 heteroatoms. The number of rotatable bonds is 14. The Bertz CT molecular complexity index is 1640. The highest BCUT2D eigenvalue weighted by Crippen LogP contribution is 2.30. The molecule has 0 aliphatic heterocycles. The number of hydrogen-bond donors (Lipinski definition) is 1. The Hall–Kier alpha value is -4.23. The Morgan fingerprint density at radius 3 is 2.22 bits per heavy atom. The number of ether oxygens (including phenoxy) is 1. The van der Waals surface area contributed by atoms with Gasteiger partial charge in [-0.05, 0) is 54.5 Å². The fourth-order valence-electron chi connectivity index (χ4n) is 4.71. The van der Waals surface area contributed by atoms with Crippen molar-refractivity contribution in [2.45, 2.75) is 43.9 Å². The van der Waals surface area contributed by atoms with Crippen LogP contribution in [-0.4, -0.2) is 63.9 Å². The molecule has 46 heavy (non-hydrogen) atoms. The second kappa shape index (κ2) is 15.9. The summed E-state index contributed by atoms with van der Waals surface area (Å²) in [6.07, 6.45) is -3.01. The topological polar surface area (TPSA) is 91.4 Å². The van der Waals surface area contributed by atoms with E-state index in [-0.39, 0.29) is 36.1 Å². The fraction of sp³-hybridized carbons (Fsp3) is 0.333. The molecular formula is C33H35F4N5O3S. The number of methoxy groups -OCH3 is 1. The average molecular weight is 658 g/mol. The van der Waals surface area contributed by atoms with Crippen molar-refractivity contribution in [3.05, 3.63) is 105 Å². The van der Waals surface area contributed by atoms with Crippen molar-refractivity contribution in [2.75, 3.05) is 33.3 Å². The highest BCUT2D eigenvalue weighted by molar-refractivity contribution is 7.98. The lowest BCUT2D eigenvalue weighted by molar-refractivity contribution is -0.137. The molecule has 4 rings (SSSR count). The van der Waals surface area contributed by atoms with E-state index in [0.29, 0.717) is 35.3 Å². The summed E-state index contributed by atoms with van der Waals surface area (Å²) in [7, 11) is 1.34. The van der Waals surface area contributed by atoms with Gasteiger partial charge in [-0.3, -0.25) is 19.6 Å². The smallest absolute Gasteiger partial charge is 0.416 e. The molecule has 2 aromatic carbocycles. The number of aromatic amines is 1. The minimum Gasteiger partial charge on any atom is -0.490 e. The zero-order valence-electron chi connectivity index (χ0n) is 25.7. The highest BCUT2D eigenvalue weighted by Gasteiger charge is 2.30. The predicted octanol–water partition coefficient (Wildman–Crippen LogP) is 6.20. The van der Waals surface area contributed by atoms with Crippen LogP contribution in [0.4, 0.5) is 17.6 Å². The second-order valence-electron chi connectivity index (χ2n) is 10.4. The third kappa shape index (κ3) is 9.39. The molecule has 0 unspecified atom stereocenters. The summed E-state index contributed by atoms with van der Waals surface area (Å²) in [5, 5.41) is 0.302. The normalized spacial score (nSPS) is 11.6. The van der Waals surface area contributed by atoms with Crippen LogP contribution in [0.1, 0.15) is 36.2 Å². The maximum absolute atomic E-state index is 13.8. The molecule has 0 atom stereocenters. The molecule has 1 amide bonds. The number of likely N-dealkylation sites (N-methyl/N-ethyl adjacent to an activating group) is 1. The Kier molecular flexibility index (Phi) is 11.9. The molecule has 4 aromatic rings. The maximum Gasteiger partial charge on any atom is 0.416 e. The fourth-order valence-corrected chi connectivity index (χ4v) is 5.54. The van der Waals surface area contributed by atoms with Gasteiger partial charge < -0.3 is 14.5 Å². The van der Waals surface area contributed by atoms with Crippen LogP contribution in [0.2, 0.25) is 0 Å². The van der Waals surface area contributed by atoms with Crippen molar-refractivity contribution in [1.82, 2.24) is 24.8 Å². The summed E-state index contributed by atoms with van der Waals surface area (Å²) in [5.74, 6) is -0.244. The first-order valence-corrected chi connectivity index (χ1v) is 15.7. The zero-order chi connectivity index (χ0) is 33.3. The van der Waals surface area contributed by atoms with Crippen molar-refractivity contribution in [3.63, 3.8) is 0 Å². The number of carbonyl (C=O) groups is 1. The van der Waals surface area contributed by atoms with E-state index >= 15 is 0 Å². The average Bonchev–Trinajstić information content (AvgIpc) is 3.04. The number of alkyl halides is 3. The van der Waals surface area contributed by atoms with E-state index < -0.39 is 17.3 Å². The number of benzene rings is 2. The number of pyridine rings is 1. The molecule has 0 bridgehead atoms. The van der Waals surface area contributed by atoms with E-state index in [1.807, 2.05) is 13.8 Å². The largest absolute Gasteiger partial charge is 0.490 e. The molecule has 0 aliphatic carbocycles. The van der Waals surface area contributed by atoms with Crippen LogP contribution >= 0.6 is 11.8 Å². The van der Waals surface area contributed by atoms with E-state index in [0.717, 1.165) is 36.3 Å². The summed E-state index contributed by atoms with van der Waals surface area (Å²) >= 11 is 1.25. The van der Waals surface area contributed by atoms with E-state index in [4.69, 9.17) is 4.74 Å². The maximum atomic E-state index is 13.8. The van der Waals surface area contributed by atoms with Crippen LogP contribution in [0, 0.1) is 5.82 Å². The number of aromatic nitrogens is 3. The number of hydrogen-bond acceptors (Lipinski definition) is 7. The Balaban J connectivity index is 1.52. The summed E-state index contributed by atoms with van der Waals surface area (Å²) in [6, 6.07) is 14.3. The first-order valence-electron chi connectivity index (χ1n) is 14.7. The van der Waals surface area contributed by atoms with Gasteiger partial charge in [-0.1, -0.05) is 55.9 Å². The van der Waals surface area contributed by atoms with E-state index in [9.17, 15) is 27.2 Å². The molecule has 0 radical (unpaired) electrons. The number of nitrogens with zero attached hydrogens (tertiary/aromatic N) is 4. The molecule has 2 aromatic heterocycles. The van der Waals surface area contributed by atoms with Crippen LogP contribution in [0.5, 0.6) is 5.75 Å². The van der Waals surface area contributed by atoms with Crippen LogP contribution in [0.25, 0.3) is 11.3 Å². The zero-order valence-corrected chi connectivity index (χ0v) is 26.6. The lowest BCUT2D eigenvalue weighted by Crippen LogP contribution is -2.39. The quantitative estimate of drug-likeness (QED) is 0.0981. The van der Waals surface area contributed by atoms with Crippen molar-refractivity contribution in [2.24, 2.45) is 0 Å². The number of H-pyrrole nitrogens is 1. The van der Waals surface area contributed by atoms with Crippen molar-refractivity contribution < 1.29 is 27.1 Å². The molecule has 0 saturated heterocycles. The van der Waals surface area contributed by atoms with Crippen molar-refractivity contribution >= 4 is 17.7 Å². The van der Waals surface area contributed by atoms with Gasteiger partial charge in [-0.2, -0.15) is 13.2 Å². The Labute approximate surface area is 268 Å². The van der Waals surface area contributed by atoms with Crippen molar-refractivity contribution in [1.29, 1.82) is 0 Å². The van der Waals surface area contributed by atoms with Crippen LogP contribution in [0.3, 0.4) is 0 Å². The van der Waals surface area contributed by atoms with Gasteiger partial charge in [0.15, 0.2) is 5.16 Å². The molecule has 1 N–H and O–H groups in total. The monoisotopic (exact) mass is 657 g/mol. The minimum absolute atomic E-state index is 0.0502. The van der Waals surface area contributed by atoms with Gasteiger partial charge in [0, 0.05) is 37.1 Å². The van der Waals surface area contributed by atoms with Gasteiger partial charge in [-0.25, -0.2) is 9.37 Å². The van der Waals surface area contributed by atoms with Gasteiger partial charge in [0.05, 0.1) is 24.8 Å². The third-order valence-corrected chi connectivity index (χ3v) is 8.32. The molecule has 8 nitrogen and oxygen atoms in total. The van der Waals surface area contributed by atoms with Gasteiger partial charge in [0.2, 0.25) is 11.7 Å².